The van der Waals surface area contributed by atoms with Gasteiger partial charge >= 0.3 is 0 Å². The average molecular weight is 235 g/mol. The fourth-order valence-electron chi connectivity index (χ4n) is 1.76. The Morgan fingerprint density at radius 1 is 1.62 bits per heavy atom. The monoisotopic (exact) mass is 235 g/mol. The molecular formula is C11H13N3OS. The predicted molar refractivity (Wildman–Crippen MR) is 60.7 cm³/mol. The molecule has 0 amide bonds. The van der Waals surface area contributed by atoms with Crippen molar-refractivity contribution in [3.05, 3.63) is 24.0 Å². The van der Waals surface area contributed by atoms with Crippen LogP contribution in [-0.4, -0.2) is 26.4 Å². The molecule has 1 fully saturated rings. The third-order valence-corrected chi connectivity index (χ3v) is 4.16. The molecule has 2 heterocycles. The van der Waals surface area contributed by atoms with E-state index in [4.69, 9.17) is 5.26 Å². The zero-order valence-corrected chi connectivity index (χ0v) is 9.91. The van der Waals surface area contributed by atoms with Crippen molar-refractivity contribution in [2.75, 3.05) is 6.54 Å². The van der Waals surface area contributed by atoms with E-state index in [0.29, 0.717) is 4.90 Å². The smallest absolute Gasteiger partial charge is 0.192 e. The summed E-state index contributed by atoms with van der Waals surface area (Å²) in [7, 11) is 0. The van der Waals surface area contributed by atoms with Crippen LogP contribution in [0, 0.1) is 18.3 Å². The standard InChI is InChI=1S/C11H13N3OS/c1-9-4-5-11(8-13-9)16(15)14-6-2-3-10(14)7-12/h4-5,8,10H,2-3,6H2,1H3. The van der Waals surface area contributed by atoms with Gasteiger partial charge in [0.2, 0.25) is 0 Å². The molecule has 1 aliphatic rings. The molecule has 0 N–H and O–H groups in total. The average Bonchev–Trinajstić information content (AvgIpc) is 2.77. The first kappa shape index (κ1) is 11.4. The van der Waals surface area contributed by atoms with E-state index in [1.54, 1.807) is 10.5 Å². The van der Waals surface area contributed by atoms with Crippen molar-refractivity contribution in [1.29, 1.82) is 5.26 Å². The summed E-state index contributed by atoms with van der Waals surface area (Å²) >= 11 is -1.25. The highest BCUT2D eigenvalue weighted by molar-refractivity contribution is 7.89. The van der Waals surface area contributed by atoms with Gasteiger partial charge in [0.05, 0.1) is 23.6 Å². The van der Waals surface area contributed by atoms with Crippen LogP contribution in [0.3, 0.4) is 0 Å². The molecule has 0 radical (unpaired) electrons. The van der Waals surface area contributed by atoms with Crippen LogP contribution in [0.5, 0.6) is 0 Å². The van der Waals surface area contributed by atoms with Gasteiger partial charge in [-0.2, -0.15) is 5.26 Å². The van der Waals surface area contributed by atoms with Crippen molar-refractivity contribution >= 4 is 11.4 Å². The van der Waals surface area contributed by atoms with Crippen LogP contribution in [0.15, 0.2) is 23.2 Å². The molecule has 2 atom stereocenters. The van der Waals surface area contributed by atoms with Crippen LogP contribution in [0.2, 0.25) is 0 Å². The summed E-state index contributed by atoms with van der Waals surface area (Å²) < 4.78 is 13.9. The third kappa shape index (κ3) is 2.19. The number of hydrogen-bond donors (Lipinski definition) is 0. The fraction of sp³-hybridized carbons (Fsp3) is 0.455. The molecule has 2 rings (SSSR count). The summed E-state index contributed by atoms with van der Waals surface area (Å²) in [5, 5.41) is 8.93. The van der Waals surface area contributed by atoms with E-state index in [0.717, 1.165) is 25.1 Å². The van der Waals surface area contributed by atoms with Crippen molar-refractivity contribution in [2.45, 2.75) is 30.7 Å². The minimum Gasteiger partial charge on any atom is -0.593 e. The van der Waals surface area contributed by atoms with E-state index in [-0.39, 0.29) is 6.04 Å². The minimum atomic E-state index is -1.25. The number of aryl methyl sites for hydroxylation is 1. The van der Waals surface area contributed by atoms with Crippen LogP contribution in [0.25, 0.3) is 0 Å². The topological polar surface area (TPSA) is 63.0 Å². The van der Waals surface area contributed by atoms with Gasteiger partial charge in [0, 0.05) is 12.2 Å². The lowest BCUT2D eigenvalue weighted by Gasteiger charge is -2.21. The second-order valence-electron chi connectivity index (χ2n) is 3.81. The van der Waals surface area contributed by atoms with Crippen LogP contribution in [0.4, 0.5) is 0 Å². The van der Waals surface area contributed by atoms with Gasteiger partial charge in [-0.1, -0.05) is 0 Å². The van der Waals surface area contributed by atoms with Crippen LogP contribution < -0.4 is 0 Å². The molecule has 1 saturated heterocycles. The van der Waals surface area contributed by atoms with Gasteiger partial charge in [-0.05, 0) is 31.9 Å². The molecule has 2 unspecified atom stereocenters. The maximum atomic E-state index is 12.2. The summed E-state index contributed by atoms with van der Waals surface area (Å²) in [4.78, 5) is 4.79. The first-order chi connectivity index (χ1) is 7.72. The lowest BCUT2D eigenvalue weighted by Crippen LogP contribution is -2.34. The second-order valence-corrected chi connectivity index (χ2v) is 5.25. The summed E-state index contributed by atoms with van der Waals surface area (Å²) in [6, 6.07) is 5.62. The van der Waals surface area contributed by atoms with Gasteiger partial charge in [0.1, 0.15) is 6.04 Å². The quantitative estimate of drug-likeness (QED) is 0.727. The minimum absolute atomic E-state index is 0.220. The number of rotatable bonds is 2. The van der Waals surface area contributed by atoms with E-state index in [1.807, 2.05) is 19.1 Å². The lowest BCUT2D eigenvalue weighted by atomic mass is 10.2. The summed E-state index contributed by atoms with van der Waals surface area (Å²) in [5.41, 5.74) is 0.902. The maximum absolute atomic E-state index is 12.2. The molecule has 4 nitrogen and oxygen atoms in total. The molecule has 1 aromatic rings. The highest BCUT2D eigenvalue weighted by Gasteiger charge is 2.35. The van der Waals surface area contributed by atoms with Crippen molar-refractivity contribution < 1.29 is 4.55 Å². The van der Waals surface area contributed by atoms with E-state index in [9.17, 15) is 4.55 Å². The number of pyridine rings is 1. The molecular weight excluding hydrogens is 222 g/mol. The number of nitrogens with zero attached hydrogens (tertiary/aromatic N) is 3. The van der Waals surface area contributed by atoms with Crippen LogP contribution in [-0.2, 0) is 11.4 Å². The van der Waals surface area contributed by atoms with Crippen molar-refractivity contribution in [1.82, 2.24) is 9.29 Å². The van der Waals surface area contributed by atoms with Crippen molar-refractivity contribution in [3.63, 3.8) is 0 Å². The van der Waals surface area contributed by atoms with E-state index < -0.39 is 11.4 Å². The molecule has 0 spiro atoms. The fourth-order valence-corrected chi connectivity index (χ4v) is 3.04. The lowest BCUT2D eigenvalue weighted by molar-refractivity contribution is 0.437. The van der Waals surface area contributed by atoms with Gasteiger partial charge in [-0.25, -0.2) is 0 Å². The Hall–Kier alpha value is -1.09. The highest BCUT2D eigenvalue weighted by Crippen LogP contribution is 2.25. The first-order valence-corrected chi connectivity index (χ1v) is 6.34. The molecule has 0 bridgehead atoms. The Labute approximate surface area is 98.2 Å². The Morgan fingerprint density at radius 2 is 2.44 bits per heavy atom. The number of hydrogen-bond acceptors (Lipinski definition) is 4. The van der Waals surface area contributed by atoms with E-state index >= 15 is 0 Å². The predicted octanol–water partition coefficient (Wildman–Crippen LogP) is 1.40. The Balaban J connectivity index is 2.15. The van der Waals surface area contributed by atoms with Crippen molar-refractivity contribution in [3.8, 4) is 6.07 Å². The molecule has 1 aliphatic heterocycles. The Kier molecular flexibility index (Phi) is 3.44. The number of aromatic nitrogens is 1. The molecule has 0 aromatic carbocycles. The summed E-state index contributed by atoms with van der Waals surface area (Å²) in [6.45, 7) is 2.61. The molecule has 16 heavy (non-hydrogen) atoms. The third-order valence-electron chi connectivity index (χ3n) is 2.65. The molecule has 5 heteroatoms. The molecule has 84 valence electrons. The maximum Gasteiger partial charge on any atom is 0.192 e. The largest absolute Gasteiger partial charge is 0.593 e. The molecule has 0 aliphatic carbocycles. The SMILES string of the molecule is Cc1ccc([S+]([O-])N2CCCC2C#N)cn1. The van der Waals surface area contributed by atoms with Crippen LogP contribution >= 0.6 is 0 Å². The van der Waals surface area contributed by atoms with Gasteiger partial charge in [0.15, 0.2) is 4.90 Å². The normalized spacial score (nSPS) is 22.9. The molecule has 0 saturated carbocycles. The second kappa shape index (κ2) is 4.83. The number of nitriles is 1. The Morgan fingerprint density at radius 3 is 3.06 bits per heavy atom. The van der Waals surface area contributed by atoms with Gasteiger partial charge in [0.25, 0.3) is 0 Å². The van der Waals surface area contributed by atoms with E-state index in [1.165, 1.54) is 0 Å². The highest BCUT2D eigenvalue weighted by atomic mass is 32.2. The van der Waals surface area contributed by atoms with Gasteiger partial charge in [-0.15, -0.1) is 4.31 Å². The van der Waals surface area contributed by atoms with Crippen LogP contribution in [0.1, 0.15) is 18.5 Å². The van der Waals surface area contributed by atoms with Crippen molar-refractivity contribution in [2.24, 2.45) is 0 Å². The molecule has 1 aromatic heterocycles. The summed E-state index contributed by atoms with van der Waals surface area (Å²) in [5.74, 6) is 0. The summed E-state index contributed by atoms with van der Waals surface area (Å²) in [6.07, 6.45) is 3.36. The zero-order chi connectivity index (χ0) is 11.5. The van der Waals surface area contributed by atoms with Gasteiger partial charge < -0.3 is 4.55 Å². The van der Waals surface area contributed by atoms with Gasteiger partial charge in [-0.3, -0.25) is 4.98 Å². The zero-order valence-electron chi connectivity index (χ0n) is 9.09. The first-order valence-electron chi connectivity index (χ1n) is 5.23. The van der Waals surface area contributed by atoms with E-state index in [2.05, 4.69) is 11.1 Å². The Bertz CT molecular complexity index is 401.